The van der Waals surface area contributed by atoms with Crippen molar-refractivity contribution in [1.29, 1.82) is 10.5 Å². The maximum absolute atomic E-state index is 8.87. The molecule has 4 nitrogen and oxygen atoms in total. The molecule has 0 aliphatic heterocycles. The van der Waals surface area contributed by atoms with E-state index in [9.17, 15) is 0 Å². The Morgan fingerprint density at radius 1 is 1.37 bits per heavy atom. The highest BCUT2D eigenvalue weighted by atomic mass is 32.2. The number of allylic oxidation sites excluding steroid dienone is 2. The van der Waals surface area contributed by atoms with E-state index >= 15 is 0 Å². The third-order valence-electron chi connectivity index (χ3n) is 2.68. The van der Waals surface area contributed by atoms with Crippen LogP contribution in [0.3, 0.4) is 0 Å². The number of nitrogens with zero attached hydrogens (tertiary/aromatic N) is 3. The summed E-state index contributed by atoms with van der Waals surface area (Å²) in [6.45, 7) is 4.11. The van der Waals surface area contributed by atoms with Gasteiger partial charge < -0.3 is 5.73 Å². The Bertz CT molecular complexity index is 778. The van der Waals surface area contributed by atoms with E-state index in [4.69, 9.17) is 16.3 Å². The average molecular weight is 286 g/mol. The molecule has 19 heavy (non-hydrogen) atoms. The van der Waals surface area contributed by atoms with Crippen molar-refractivity contribution in [3.8, 4) is 12.1 Å². The number of fused-ring (bicyclic) bond motifs is 1. The van der Waals surface area contributed by atoms with Crippen molar-refractivity contribution in [2.24, 2.45) is 10.7 Å². The van der Waals surface area contributed by atoms with E-state index < -0.39 is 0 Å². The van der Waals surface area contributed by atoms with Crippen LogP contribution in [0.5, 0.6) is 0 Å². The Kier molecular flexibility index (Phi) is 3.66. The molecule has 2 N–H and O–H groups in total. The molecule has 0 saturated heterocycles. The van der Waals surface area contributed by atoms with Crippen LogP contribution in [0.25, 0.3) is 9.40 Å². The monoisotopic (exact) mass is 286 g/mol. The number of rotatable bonds is 2. The van der Waals surface area contributed by atoms with E-state index in [1.807, 2.05) is 13.0 Å². The predicted octanol–water partition coefficient (Wildman–Crippen LogP) is 3.22. The van der Waals surface area contributed by atoms with Crippen molar-refractivity contribution in [2.45, 2.75) is 13.8 Å². The third kappa shape index (κ3) is 2.37. The minimum atomic E-state index is -0.161. The molecule has 0 aliphatic carbocycles. The SMILES string of the molecule is Cc1csc2sc(C=N/C(C#N)=C(\N)C#N)c(C)c12. The first-order valence-corrected chi connectivity index (χ1v) is 7.09. The van der Waals surface area contributed by atoms with Gasteiger partial charge in [0.1, 0.15) is 17.8 Å². The normalized spacial score (nSPS) is 12.4. The molecule has 2 rings (SSSR count). The molecule has 94 valence electrons. The van der Waals surface area contributed by atoms with Crippen molar-refractivity contribution >= 4 is 38.3 Å². The molecule has 2 aromatic heterocycles. The Balaban J connectivity index is 2.46. The van der Waals surface area contributed by atoms with Crippen LogP contribution in [-0.2, 0) is 0 Å². The first-order valence-electron chi connectivity index (χ1n) is 5.39. The number of hydrogen-bond donors (Lipinski definition) is 1. The summed E-state index contributed by atoms with van der Waals surface area (Å²) in [5.41, 5.74) is 7.59. The molecule has 6 heteroatoms. The zero-order valence-corrected chi connectivity index (χ0v) is 12.0. The maximum Gasteiger partial charge on any atom is 0.174 e. The number of aliphatic imine (C=N–C) groups is 1. The van der Waals surface area contributed by atoms with Gasteiger partial charge in [0.2, 0.25) is 0 Å². The van der Waals surface area contributed by atoms with Crippen LogP contribution in [0.15, 0.2) is 21.8 Å². The quantitative estimate of drug-likeness (QED) is 0.679. The summed E-state index contributed by atoms with van der Waals surface area (Å²) < 4.78 is 1.24. The number of aryl methyl sites for hydroxylation is 2. The van der Waals surface area contributed by atoms with Crippen LogP contribution in [0.2, 0.25) is 0 Å². The van der Waals surface area contributed by atoms with Gasteiger partial charge in [-0.25, -0.2) is 4.99 Å². The van der Waals surface area contributed by atoms with Gasteiger partial charge in [0, 0.05) is 11.6 Å². The molecule has 0 amide bonds. The Morgan fingerprint density at radius 3 is 2.68 bits per heavy atom. The van der Waals surface area contributed by atoms with E-state index in [-0.39, 0.29) is 11.4 Å². The summed E-state index contributed by atoms with van der Waals surface area (Å²) in [6.07, 6.45) is 1.61. The van der Waals surface area contributed by atoms with Gasteiger partial charge >= 0.3 is 0 Å². The van der Waals surface area contributed by atoms with Crippen LogP contribution >= 0.6 is 22.7 Å². The van der Waals surface area contributed by atoms with Crippen LogP contribution in [0.4, 0.5) is 0 Å². The Labute approximate surface area is 118 Å². The van der Waals surface area contributed by atoms with Gasteiger partial charge in [-0.15, -0.1) is 22.7 Å². The summed E-state index contributed by atoms with van der Waals surface area (Å²) in [6, 6.07) is 3.55. The molecule has 0 spiro atoms. The average Bonchev–Trinajstić information content (AvgIpc) is 2.92. The fourth-order valence-electron chi connectivity index (χ4n) is 1.70. The smallest absolute Gasteiger partial charge is 0.174 e. The molecule has 0 aliphatic rings. The first kappa shape index (κ1) is 13.3. The Morgan fingerprint density at radius 2 is 2.11 bits per heavy atom. The molecule has 2 heterocycles. The summed E-state index contributed by atoms with van der Waals surface area (Å²) >= 11 is 3.33. The number of nitriles is 2. The van der Waals surface area contributed by atoms with Crippen LogP contribution in [0.1, 0.15) is 16.0 Å². The van der Waals surface area contributed by atoms with Gasteiger partial charge in [0.25, 0.3) is 0 Å². The molecular weight excluding hydrogens is 276 g/mol. The lowest BCUT2D eigenvalue weighted by Gasteiger charge is -1.93. The first-order chi connectivity index (χ1) is 9.08. The number of hydrogen-bond acceptors (Lipinski definition) is 6. The predicted molar refractivity (Wildman–Crippen MR) is 79.2 cm³/mol. The van der Waals surface area contributed by atoms with Gasteiger partial charge in [0.15, 0.2) is 5.70 Å². The highest BCUT2D eigenvalue weighted by Gasteiger charge is 2.11. The lowest BCUT2D eigenvalue weighted by atomic mass is 10.1. The summed E-state index contributed by atoms with van der Waals surface area (Å²) in [4.78, 5) is 5.00. The largest absolute Gasteiger partial charge is 0.388 e. The van der Waals surface area contributed by atoms with E-state index in [0.717, 1.165) is 10.4 Å². The fourth-order valence-corrected chi connectivity index (χ4v) is 4.12. The molecule has 0 unspecified atom stereocenters. The minimum absolute atomic E-state index is 0.0459. The zero-order chi connectivity index (χ0) is 14.0. The number of nitrogens with two attached hydrogens (primary N) is 1. The van der Waals surface area contributed by atoms with Crippen molar-refractivity contribution in [3.05, 3.63) is 32.8 Å². The highest BCUT2D eigenvalue weighted by molar-refractivity contribution is 7.38. The molecule has 0 bridgehead atoms. The van der Waals surface area contributed by atoms with E-state index in [0.29, 0.717) is 0 Å². The minimum Gasteiger partial charge on any atom is -0.388 e. The van der Waals surface area contributed by atoms with Gasteiger partial charge in [-0.05, 0) is 30.4 Å². The van der Waals surface area contributed by atoms with Crippen LogP contribution in [0, 0.1) is 36.5 Å². The topological polar surface area (TPSA) is 86.0 Å². The molecule has 0 atom stereocenters. The lowest BCUT2D eigenvalue weighted by Crippen LogP contribution is -1.97. The zero-order valence-electron chi connectivity index (χ0n) is 10.4. The summed E-state index contributed by atoms with van der Waals surface area (Å²) in [5, 5.41) is 20.9. The van der Waals surface area contributed by atoms with Gasteiger partial charge in [0.05, 0.1) is 8.89 Å². The maximum atomic E-state index is 8.87. The fraction of sp³-hybridized carbons (Fsp3) is 0.154. The van der Waals surface area contributed by atoms with Crippen molar-refractivity contribution in [3.63, 3.8) is 0 Å². The van der Waals surface area contributed by atoms with E-state index in [1.165, 1.54) is 15.0 Å². The van der Waals surface area contributed by atoms with Crippen LogP contribution < -0.4 is 5.73 Å². The lowest BCUT2D eigenvalue weighted by molar-refractivity contribution is 1.27. The van der Waals surface area contributed by atoms with E-state index in [1.54, 1.807) is 35.0 Å². The molecule has 0 fully saturated rings. The van der Waals surface area contributed by atoms with Gasteiger partial charge in [-0.3, -0.25) is 0 Å². The second-order valence-electron chi connectivity index (χ2n) is 3.92. The standard InChI is InChI=1S/C13H10N4S2/c1-7-6-18-13-12(7)8(2)11(19-13)5-17-10(4-15)9(16)3-14/h5-6H,16H2,1-2H3/b10-9-,17-5?. The van der Waals surface area contributed by atoms with Gasteiger partial charge in [-0.2, -0.15) is 10.5 Å². The van der Waals surface area contributed by atoms with E-state index in [2.05, 4.69) is 17.3 Å². The molecule has 2 aromatic rings. The molecular formula is C13H10N4S2. The number of thiophene rings is 2. The second-order valence-corrected chi connectivity index (χ2v) is 6.11. The van der Waals surface area contributed by atoms with Crippen LogP contribution in [-0.4, -0.2) is 6.21 Å². The molecule has 0 aromatic carbocycles. The molecule has 0 saturated carbocycles. The second kappa shape index (κ2) is 5.23. The third-order valence-corrected chi connectivity index (χ3v) is 5.13. The van der Waals surface area contributed by atoms with Crippen molar-refractivity contribution in [1.82, 2.24) is 0 Å². The highest BCUT2D eigenvalue weighted by Crippen LogP contribution is 2.36. The molecule has 0 radical (unpaired) electrons. The summed E-state index contributed by atoms with van der Waals surface area (Å²) in [5.74, 6) is 0. The summed E-state index contributed by atoms with van der Waals surface area (Å²) in [7, 11) is 0. The van der Waals surface area contributed by atoms with Crippen molar-refractivity contribution in [2.75, 3.05) is 0 Å². The van der Waals surface area contributed by atoms with Gasteiger partial charge in [-0.1, -0.05) is 0 Å². The Hall–Kier alpha value is -2.15. The van der Waals surface area contributed by atoms with Crippen molar-refractivity contribution < 1.29 is 0 Å².